The van der Waals surface area contributed by atoms with Crippen LogP contribution in [0.2, 0.25) is 0 Å². The smallest absolute Gasteiger partial charge is 0.408 e. The van der Waals surface area contributed by atoms with Gasteiger partial charge in [-0.05, 0) is 38.5 Å². The molecule has 3 aromatic heterocycles. The molecule has 7 nitrogen and oxygen atoms in total. The highest BCUT2D eigenvalue weighted by Crippen LogP contribution is 2.43. The van der Waals surface area contributed by atoms with Crippen molar-refractivity contribution in [2.24, 2.45) is 0 Å². The van der Waals surface area contributed by atoms with E-state index in [1.54, 1.807) is 45.5 Å². The van der Waals surface area contributed by atoms with Crippen LogP contribution in [0, 0.1) is 6.92 Å². The Bertz CT molecular complexity index is 1170. The van der Waals surface area contributed by atoms with Gasteiger partial charge in [0.05, 0.1) is 47.7 Å². The summed E-state index contributed by atoms with van der Waals surface area (Å²) in [6.45, 7) is 4.19. The summed E-state index contributed by atoms with van der Waals surface area (Å²) in [7, 11) is 1.54. The summed E-state index contributed by atoms with van der Waals surface area (Å²) in [5.41, 5.74) is 2.42. The number of anilines is 1. The maximum atomic E-state index is 13.3. The highest BCUT2D eigenvalue weighted by atomic mass is 19.4. The van der Waals surface area contributed by atoms with Gasteiger partial charge in [-0.15, -0.1) is 0 Å². The number of methoxy groups -OCH3 is 1. The number of alkyl halides is 3. The molecule has 0 N–H and O–H groups in total. The Morgan fingerprint density at radius 2 is 1.90 bits per heavy atom. The number of nitrogens with zero attached hydrogens (tertiary/aromatic N) is 5. The van der Waals surface area contributed by atoms with Crippen LogP contribution in [-0.4, -0.2) is 38.9 Å². The second-order valence-electron chi connectivity index (χ2n) is 7.87. The molecule has 1 aliphatic heterocycles. The van der Waals surface area contributed by atoms with Gasteiger partial charge >= 0.3 is 6.18 Å². The summed E-state index contributed by atoms with van der Waals surface area (Å²) in [6, 6.07) is 3.59. The molecule has 1 amide bonds. The number of aryl methyl sites for hydroxylation is 1. The molecule has 3 aromatic rings. The second kappa shape index (κ2) is 7.07. The van der Waals surface area contributed by atoms with Crippen LogP contribution in [0.4, 0.5) is 18.9 Å². The maximum Gasteiger partial charge on any atom is 0.408 e. The number of carbonyl (C=O) groups is 1. The normalized spacial score (nSPS) is 15.3. The second-order valence-corrected chi connectivity index (χ2v) is 7.87. The third kappa shape index (κ3) is 3.62. The quantitative estimate of drug-likeness (QED) is 0.622. The molecule has 0 saturated carbocycles. The summed E-state index contributed by atoms with van der Waals surface area (Å²) in [6.07, 6.45) is 1.31. The van der Waals surface area contributed by atoms with Gasteiger partial charge in [-0.25, -0.2) is 4.98 Å². The molecule has 0 spiro atoms. The van der Waals surface area contributed by atoms with Gasteiger partial charge in [0.2, 0.25) is 0 Å². The average Bonchev–Trinajstić information content (AvgIpc) is 3.20. The molecule has 162 valence electrons. The van der Waals surface area contributed by atoms with E-state index in [1.165, 1.54) is 17.3 Å². The van der Waals surface area contributed by atoms with Crippen molar-refractivity contribution < 1.29 is 22.7 Å². The Labute approximate surface area is 176 Å². The molecule has 31 heavy (non-hydrogen) atoms. The molecule has 0 bridgehead atoms. The number of hydrogen-bond acceptors (Lipinski definition) is 5. The highest BCUT2D eigenvalue weighted by Gasteiger charge is 2.47. The van der Waals surface area contributed by atoms with Gasteiger partial charge in [0.1, 0.15) is 12.3 Å². The molecule has 0 saturated heterocycles. The summed E-state index contributed by atoms with van der Waals surface area (Å²) >= 11 is 0. The fourth-order valence-electron chi connectivity index (χ4n) is 3.85. The molecule has 4 rings (SSSR count). The van der Waals surface area contributed by atoms with Gasteiger partial charge in [-0.3, -0.25) is 19.4 Å². The Kier molecular flexibility index (Phi) is 4.75. The minimum absolute atomic E-state index is 0.279. The molecule has 0 atom stereocenters. The van der Waals surface area contributed by atoms with Crippen LogP contribution in [0.25, 0.3) is 11.3 Å². The zero-order chi connectivity index (χ0) is 22.6. The lowest BCUT2D eigenvalue weighted by molar-refractivity contribution is -0.142. The minimum atomic E-state index is -4.41. The van der Waals surface area contributed by atoms with E-state index >= 15 is 0 Å². The molecule has 0 fully saturated rings. The molecule has 1 aliphatic rings. The van der Waals surface area contributed by atoms with E-state index in [0.29, 0.717) is 28.3 Å². The topological polar surface area (TPSA) is 73.1 Å². The van der Waals surface area contributed by atoms with E-state index in [1.807, 2.05) is 6.92 Å². The first-order valence-corrected chi connectivity index (χ1v) is 9.46. The highest BCUT2D eigenvalue weighted by molar-refractivity contribution is 6.12. The zero-order valence-electron chi connectivity index (χ0n) is 17.4. The molecule has 0 aromatic carbocycles. The SMILES string of the molecule is COc1cncc(-c2cc(C)c3c(n2)C(C)(C)N(c2cnn(CC(F)(F)F)c2)C3=O)c1. The van der Waals surface area contributed by atoms with Crippen LogP contribution in [0.5, 0.6) is 5.75 Å². The van der Waals surface area contributed by atoms with E-state index in [2.05, 4.69) is 10.1 Å². The number of fused-ring (bicyclic) bond motifs is 1. The fourth-order valence-corrected chi connectivity index (χ4v) is 3.85. The van der Waals surface area contributed by atoms with Crippen molar-refractivity contribution in [3.05, 3.63) is 53.7 Å². The standard InChI is InChI=1S/C21H20F3N5O2/c1-12-5-16(13-6-15(31-4)9-25-7-13)27-18-17(12)19(30)29(20(18,2)3)14-8-26-28(10-14)11-21(22,23)24/h5-10H,11H2,1-4H3. The van der Waals surface area contributed by atoms with Gasteiger partial charge in [-0.2, -0.15) is 18.3 Å². The summed E-state index contributed by atoms with van der Waals surface area (Å²) in [5.74, 6) is 0.248. The van der Waals surface area contributed by atoms with Crippen LogP contribution in [0.3, 0.4) is 0 Å². The molecular weight excluding hydrogens is 411 g/mol. The van der Waals surface area contributed by atoms with Crippen molar-refractivity contribution in [3.8, 4) is 17.0 Å². The van der Waals surface area contributed by atoms with Crippen molar-refractivity contribution in [2.75, 3.05) is 12.0 Å². The van der Waals surface area contributed by atoms with E-state index in [0.717, 1.165) is 10.2 Å². The van der Waals surface area contributed by atoms with E-state index in [-0.39, 0.29) is 11.6 Å². The number of pyridine rings is 2. The van der Waals surface area contributed by atoms with E-state index < -0.39 is 18.3 Å². The Hall–Kier alpha value is -3.43. The van der Waals surface area contributed by atoms with Gasteiger partial charge in [0.25, 0.3) is 5.91 Å². The van der Waals surface area contributed by atoms with Gasteiger partial charge < -0.3 is 4.74 Å². The Morgan fingerprint density at radius 3 is 2.58 bits per heavy atom. The first kappa shape index (κ1) is 20.8. The number of ether oxygens (including phenoxy) is 1. The Balaban J connectivity index is 1.77. The molecule has 0 unspecified atom stereocenters. The fraction of sp³-hybridized carbons (Fsp3) is 0.333. The van der Waals surface area contributed by atoms with Crippen LogP contribution in [0.15, 0.2) is 36.9 Å². The molecule has 10 heteroatoms. The lowest BCUT2D eigenvalue weighted by atomic mass is 9.96. The van der Waals surface area contributed by atoms with Gasteiger partial charge in [0, 0.05) is 18.0 Å². The summed E-state index contributed by atoms with van der Waals surface area (Å²) in [5, 5.41) is 3.78. The van der Waals surface area contributed by atoms with Gasteiger partial charge in [0.15, 0.2) is 0 Å². The number of amides is 1. The molecule has 0 radical (unpaired) electrons. The van der Waals surface area contributed by atoms with Gasteiger partial charge in [-0.1, -0.05) is 0 Å². The van der Waals surface area contributed by atoms with Crippen molar-refractivity contribution in [3.63, 3.8) is 0 Å². The number of halogens is 3. The van der Waals surface area contributed by atoms with E-state index in [4.69, 9.17) is 9.72 Å². The average molecular weight is 431 g/mol. The van der Waals surface area contributed by atoms with Crippen LogP contribution in [-0.2, 0) is 12.1 Å². The molecular formula is C21H20F3N5O2. The Morgan fingerprint density at radius 1 is 1.16 bits per heavy atom. The van der Waals surface area contributed by atoms with E-state index in [9.17, 15) is 18.0 Å². The zero-order valence-corrected chi connectivity index (χ0v) is 17.4. The third-order valence-electron chi connectivity index (χ3n) is 5.24. The first-order valence-electron chi connectivity index (χ1n) is 9.46. The number of hydrogen-bond donors (Lipinski definition) is 0. The first-order chi connectivity index (χ1) is 14.5. The lowest BCUT2D eigenvalue weighted by Gasteiger charge is -2.30. The van der Waals surface area contributed by atoms with Crippen molar-refractivity contribution in [2.45, 2.75) is 39.0 Å². The van der Waals surface area contributed by atoms with Crippen molar-refractivity contribution in [1.82, 2.24) is 19.7 Å². The number of aromatic nitrogens is 4. The monoisotopic (exact) mass is 431 g/mol. The predicted octanol–water partition coefficient (Wildman–Crippen LogP) is 4.11. The predicted molar refractivity (Wildman–Crippen MR) is 107 cm³/mol. The van der Waals surface area contributed by atoms with Crippen LogP contribution < -0.4 is 9.64 Å². The van der Waals surface area contributed by atoms with Crippen molar-refractivity contribution in [1.29, 1.82) is 0 Å². The minimum Gasteiger partial charge on any atom is -0.495 e. The lowest BCUT2D eigenvalue weighted by Crippen LogP contribution is -2.39. The number of carbonyl (C=O) groups excluding carboxylic acids is 1. The molecule has 0 aliphatic carbocycles. The third-order valence-corrected chi connectivity index (χ3v) is 5.24. The summed E-state index contributed by atoms with van der Waals surface area (Å²) < 4.78 is 44.2. The number of rotatable bonds is 4. The van der Waals surface area contributed by atoms with Crippen molar-refractivity contribution >= 4 is 11.6 Å². The summed E-state index contributed by atoms with van der Waals surface area (Å²) in [4.78, 5) is 23.6. The van der Waals surface area contributed by atoms with Crippen LogP contribution >= 0.6 is 0 Å². The maximum absolute atomic E-state index is 13.3. The molecule has 4 heterocycles. The van der Waals surface area contributed by atoms with Crippen LogP contribution in [0.1, 0.15) is 35.5 Å². The largest absolute Gasteiger partial charge is 0.495 e.